The number of para-hydroxylation sites is 10. The molecule has 26 rings (SSSR count). The van der Waals surface area contributed by atoms with Gasteiger partial charge in [0.15, 0.2) is 0 Å². The number of pyridine rings is 3. The van der Waals surface area contributed by atoms with E-state index in [4.69, 9.17) is 15.0 Å². The first-order valence-electron chi connectivity index (χ1n) is 42.2. The summed E-state index contributed by atoms with van der Waals surface area (Å²) in [6.07, 6.45) is 6.08. The van der Waals surface area contributed by atoms with Crippen LogP contribution in [0.3, 0.4) is 0 Å². The fourth-order valence-electron chi connectivity index (χ4n) is 19.2. The standard InChI is InChI=1S/C41H27N3.C39H25N3.C35H23N3/c1-3-11-28(12-4-1)29-19-22-32(23-20-29)43-38-17-9-7-15-33(38)35-25-30(21-24-40(35)43)37-26-36-34-16-8-10-18-39(34)44(41(36)27-42-37)31-13-5-2-6-14-31;1-2-12-29(13-3-1)41-36-16-8-7-15-32(36)34-24-35(40-25-39(34)41)28-19-21-38-33(23-28)31-14-6-9-17-37(31)42(38)30-20-18-26-10-4-5-11-27(26)22-30;1-3-11-25(12-4-1)37-32-17-9-7-15-27(32)29-21-24(19-20-34(29)37)31-22-30-28-16-8-10-18-33(28)38(35(30)23-36-31)26-13-5-2-6-14-26/h1-27H;1-25H;1-23H. The Morgan fingerprint density at radius 2 is 0.355 bits per heavy atom. The third-order valence-electron chi connectivity index (χ3n) is 24.9. The van der Waals surface area contributed by atoms with Gasteiger partial charge in [0.1, 0.15) is 0 Å². The van der Waals surface area contributed by atoms with Gasteiger partial charge in [-0.2, -0.15) is 0 Å². The highest BCUT2D eigenvalue weighted by molar-refractivity contribution is 6.17. The lowest BCUT2D eigenvalue weighted by Crippen LogP contribution is -1.94. The maximum absolute atomic E-state index is 5.02. The summed E-state index contributed by atoms with van der Waals surface area (Å²) in [5.74, 6) is 0. The van der Waals surface area contributed by atoms with Gasteiger partial charge in [0.2, 0.25) is 0 Å². The molecule has 0 bridgehead atoms. The molecular weight excluding hydrogens is 1510 g/mol. The van der Waals surface area contributed by atoms with Crippen molar-refractivity contribution in [2.45, 2.75) is 0 Å². The van der Waals surface area contributed by atoms with Gasteiger partial charge in [-0.15, -0.1) is 0 Å². The summed E-state index contributed by atoms with van der Waals surface area (Å²) >= 11 is 0. The van der Waals surface area contributed by atoms with Gasteiger partial charge in [0, 0.05) is 115 Å². The highest BCUT2D eigenvalue weighted by Gasteiger charge is 2.23. The van der Waals surface area contributed by atoms with Crippen LogP contribution in [0.4, 0.5) is 0 Å². The second kappa shape index (κ2) is 29.6. The van der Waals surface area contributed by atoms with Gasteiger partial charge < -0.3 is 27.4 Å². The maximum Gasteiger partial charge on any atom is 0.0724 e. The molecule has 0 spiro atoms. The van der Waals surface area contributed by atoms with E-state index in [9.17, 15) is 0 Å². The predicted molar refractivity (Wildman–Crippen MR) is 518 cm³/mol. The average molecular weight is 1580 g/mol. The summed E-state index contributed by atoms with van der Waals surface area (Å²) < 4.78 is 14.0. The van der Waals surface area contributed by atoms with Gasteiger partial charge in [-0.3, -0.25) is 15.0 Å². The molecule has 0 aliphatic heterocycles. The summed E-state index contributed by atoms with van der Waals surface area (Å²) in [6.45, 7) is 0. The topological polar surface area (TPSA) is 68.2 Å². The molecule has 0 amide bonds. The summed E-state index contributed by atoms with van der Waals surface area (Å²) in [7, 11) is 0. The van der Waals surface area contributed by atoms with Crippen molar-refractivity contribution in [1.29, 1.82) is 0 Å². The van der Waals surface area contributed by atoms with Crippen LogP contribution < -0.4 is 0 Å². The molecule has 9 nitrogen and oxygen atoms in total. The molecule has 0 aliphatic carbocycles. The second-order valence-electron chi connectivity index (χ2n) is 31.9. The molecule has 0 saturated carbocycles. The fraction of sp³-hybridized carbons (Fsp3) is 0. The molecule has 0 fully saturated rings. The monoisotopic (exact) mass is 1580 g/mol. The number of benzene rings is 17. The van der Waals surface area contributed by atoms with Gasteiger partial charge in [-0.25, -0.2) is 0 Å². The van der Waals surface area contributed by atoms with Crippen molar-refractivity contribution in [3.05, 3.63) is 455 Å². The smallest absolute Gasteiger partial charge is 0.0724 e. The Kier molecular flexibility index (Phi) is 17.1. The van der Waals surface area contributed by atoms with Crippen molar-refractivity contribution in [2.75, 3.05) is 0 Å². The van der Waals surface area contributed by atoms with E-state index in [2.05, 4.69) is 464 Å². The first-order valence-corrected chi connectivity index (χ1v) is 42.2. The molecule has 0 N–H and O–H groups in total. The van der Waals surface area contributed by atoms with Crippen LogP contribution in [-0.2, 0) is 0 Å². The second-order valence-corrected chi connectivity index (χ2v) is 31.9. The molecule has 0 aliphatic rings. The molecule has 17 aromatic carbocycles. The van der Waals surface area contributed by atoms with Crippen LogP contribution in [0.5, 0.6) is 0 Å². The average Bonchev–Trinajstić information content (AvgIpc) is 1.58. The van der Waals surface area contributed by atoms with Crippen LogP contribution >= 0.6 is 0 Å². The summed E-state index contributed by atoms with van der Waals surface area (Å²) in [5, 5.41) is 17.2. The van der Waals surface area contributed by atoms with Crippen molar-refractivity contribution in [3.8, 4) is 79.0 Å². The zero-order chi connectivity index (χ0) is 81.7. The van der Waals surface area contributed by atoms with Crippen molar-refractivity contribution in [2.24, 2.45) is 0 Å². The molecule has 9 aromatic heterocycles. The predicted octanol–water partition coefficient (Wildman–Crippen LogP) is 29.6. The number of hydrogen-bond donors (Lipinski definition) is 0. The first kappa shape index (κ1) is 71.4. The molecule has 0 unspecified atom stereocenters. The van der Waals surface area contributed by atoms with E-state index in [1.54, 1.807) is 0 Å². The minimum Gasteiger partial charge on any atom is -0.309 e. The van der Waals surface area contributed by atoms with Gasteiger partial charge in [0.25, 0.3) is 0 Å². The maximum atomic E-state index is 5.02. The molecule has 124 heavy (non-hydrogen) atoms. The molecule has 0 atom stereocenters. The Balaban J connectivity index is 0.000000105. The van der Waals surface area contributed by atoms with Crippen LogP contribution in [0.25, 0.3) is 221 Å². The van der Waals surface area contributed by atoms with Gasteiger partial charge in [0.05, 0.1) is 102 Å². The molecule has 0 saturated heterocycles. The van der Waals surface area contributed by atoms with Crippen LogP contribution in [-0.4, -0.2) is 42.4 Å². The van der Waals surface area contributed by atoms with Crippen LogP contribution in [0.1, 0.15) is 0 Å². The Labute approximate surface area is 713 Å². The number of fused-ring (bicyclic) bond motifs is 19. The Morgan fingerprint density at radius 3 is 0.685 bits per heavy atom. The molecule has 9 heteroatoms. The molecule has 26 aromatic rings. The Hall–Kier alpha value is -16.8. The lowest BCUT2D eigenvalue weighted by molar-refractivity contribution is 1.17. The number of rotatable bonds is 10. The van der Waals surface area contributed by atoms with E-state index in [1.807, 2.05) is 18.6 Å². The van der Waals surface area contributed by atoms with Gasteiger partial charge in [-0.05, 0) is 186 Å². The third kappa shape index (κ3) is 12.0. The highest BCUT2D eigenvalue weighted by Crippen LogP contribution is 2.44. The highest BCUT2D eigenvalue weighted by atomic mass is 15.0. The van der Waals surface area contributed by atoms with Crippen molar-refractivity contribution in [1.82, 2.24) is 42.4 Å². The molecule has 580 valence electrons. The lowest BCUT2D eigenvalue weighted by atomic mass is 10.0. The van der Waals surface area contributed by atoms with E-state index >= 15 is 0 Å². The van der Waals surface area contributed by atoms with Crippen LogP contribution in [0.2, 0.25) is 0 Å². The van der Waals surface area contributed by atoms with Crippen molar-refractivity contribution in [3.63, 3.8) is 0 Å². The Bertz CT molecular complexity index is 8500. The lowest BCUT2D eigenvalue weighted by Gasteiger charge is -2.10. The minimum absolute atomic E-state index is 0.972. The number of nitrogens with zero attached hydrogens (tertiary/aromatic N) is 9. The largest absolute Gasteiger partial charge is 0.309 e. The van der Waals surface area contributed by atoms with E-state index < -0.39 is 0 Å². The SMILES string of the molecule is c1ccc(-c2ccc(-n3c4ccccc4c4cc(-c5cc6c7ccccc7n(-c7ccccc7)c6cn5)ccc43)cc2)cc1.c1ccc(-n2c3ccccc3c3cc(-c4cc5c6ccccc6n(-c6ccccc6)c5cn4)ccc32)cc1.c1ccc(-n2c3ccccc3c3cc(-c4ccc5c(c4)c4ccccc4n5-c4ccc5ccccc5c4)ncc32)cc1. The van der Waals surface area contributed by atoms with E-state index in [0.29, 0.717) is 0 Å². The number of hydrogen-bond acceptors (Lipinski definition) is 3. The van der Waals surface area contributed by atoms with Gasteiger partial charge >= 0.3 is 0 Å². The quantitative estimate of drug-likeness (QED) is 0.137. The zero-order valence-corrected chi connectivity index (χ0v) is 67.3. The zero-order valence-electron chi connectivity index (χ0n) is 67.3. The summed E-state index contributed by atoms with van der Waals surface area (Å²) in [6, 6.07) is 156. The van der Waals surface area contributed by atoms with Crippen molar-refractivity contribution >= 4 is 142 Å². The summed E-state index contributed by atoms with van der Waals surface area (Å²) in [5.41, 5.74) is 29.7. The first-order chi connectivity index (χ1) is 61.5. The van der Waals surface area contributed by atoms with Crippen LogP contribution in [0, 0.1) is 0 Å². The van der Waals surface area contributed by atoms with Crippen LogP contribution in [0.15, 0.2) is 455 Å². The number of aromatic nitrogens is 9. The summed E-state index contributed by atoms with van der Waals surface area (Å²) in [4.78, 5) is 15.0. The Morgan fingerprint density at radius 1 is 0.129 bits per heavy atom. The van der Waals surface area contributed by atoms with Gasteiger partial charge in [-0.1, -0.05) is 273 Å². The normalized spacial score (nSPS) is 11.7. The fourth-order valence-corrected chi connectivity index (χ4v) is 19.2. The minimum atomic E-state index is 0.972. The molecule has 9 heterocycles. The third-order valence-corrected chi connectivity index (χ3v) is 24.9. The molecular formula is C115H75N9. The van der Waals surface area contributed by atoms with Crippen molar-refractivity contribution < 1.29 is 0 Å². The van der Waals surface area contributed by atoms with E-state index in [0.717, 1.165) is 73.1 Å². The van der Waals surface area contributed by atoms with E-state index in [-0.39, 0.29) is 0 Å². The molecule has 0 radical (unpaired) electrons. The van der Waals surface area contributed by atoms with E-state index in [1.165, 1.54) is 148 Å².